The average Bonchev–Trinajstić information content (AvgIpc) is 3.21. The van der Waals surface area contributed by atoms with Gasteiger partial charge in [-0.2, -0.15) is 11.3 Å². The lowest BCUT2D eigenvalue weighted by Gasteiger charge is -2.24. The summed E-state index contributed by atoms with van der Waals surface area (Å²) in [7, 11) is 0. The fourth-order valence-electron chi connectivity index (χ4n) is 3.40. The molecule has 3 aromatic rings. The molecule has 1 aliphatic heterocycles. The minimum absolute atomic E-state index is 0.192. The van der Waals surface area contributed by atoms with Crippen LogP contribution in [0.25, 0.3) is 10.9 Å². The van der Waals surface area contributed by atoms with Crippen LogP contribution >= 0.6 is 11.3 Å². The summed E-state index contributed by atoms with van der Waals surface area (Å²) in [6.07, 6.45) is 4.15. The van der Waals surface area contributed by atoms with Gasteiger partial charge in [-0.05, 0) is 65.5 Å². The molecule has 0 aliphatic carbocycles. The zero-order valence-corrected chi connectivity index (χ0v) is 13.0. The highest BCUT2D eigenvalue weighted by atomic mass is 32.1. The summed E-state index contributed by atoms with van der Waals surface area (Å²) in [5.41, 5.74) is 3.31. The van der Waals surface area contributed by atoms with Crippen molar-refractivity contribution in [2.24, 2.45) is 0 Å². The van der Waals surface area contributed by atoms with Crippen LogP contribution in [0.2, 0.25) is 0 Å². The quantitative estimate of drug-likeness (QED) is 0.692. The van der Waals surface area contributed by atoms with Gasteiger partial charge in [0.25, 0.3) is 0 Å². The van der Waals surface area contributed by atoms with Crippen LogP contribution in [0.15, 0.2) is 47.3 Å². The number of likely N-dealkylation sites (tertiary alicyclic amines) is 1. The smallest absolute Gasteiger partial charge is 0.132 e. The molecule has 0 spiro atoms. The van der Waals surface area contributed by atoms with E-state index in [2.05, 4.69) is 26.7 Å². The molecule has 112 valence electrons. The number of thiophene rings is 1. The van der Waals surface area contributed by atoms with Crippen molar-refractivity contribution < 1.29 is 4.39 Å². The van der Waals surface area contributed by atoms with Crippen LogP contribution in [0.5, 0.6) is 0 Å². The van der Waals surface area contributed by atoms with Crippen LogP contribution in [-0.2, 0) is 6.54 Å². The number of aromatic nitrogens is 1. The lowest BCUT2D eigenvalue weighted by molar-refractivity contribution is 0.249. The monoisotopic (exact) mass is 312 g/mol. The van der Waals surface area contributed by atoms with Gasteiger partial charge in [0.2, 0.25) is 0 Å². The van der Waals surface area contributed by atoms with E-state index in [0.29, 0.717) is 11.4 Å². The Morgan fingerprint density at radius 3 is 3.09 bits per heavy atom. The van der Waals surface area contributed by atoms with Gasteiger partial charge in [0, 0.05) is 24.2 Å². The summed E-state index contributed by atoms with van der Waals surface area (Å²) in [6, 6.07) is 9.74. The molecule has 0 amide bonds. The second kappa shape index (κ2) is 5.78. The summed E-state index contributed by atoms with van der Waals surface area (Å²) in [5, 5.41) is 5.00. The highest BCUT2D eigenvalue weighted by Crippen LogP contribution is 2.35. The lowest BCUT2D eigenvalue weighted by Crippen LogP contribution is -2.22. The number of pyridine rings is 1. The largest absolute Gasteiger partial charge is 0.292 e. The molecule has 4 rings (SSSR count). The van der Waals surface area contributed by atoms with Crippen LogP contribution in [0.3, 0.4) is 0 Å². The van der Waals surface area contributed by atoms with Gasteiger partial charge in [-0.3, -0.25) is 9.88 Å². The zero-order valence-electron chi connectivity index (χ0n) is 12.2. The van der Waals surface area contributed by atoms with Gasteiger partial charge in [-0.15, -0.1) is 0 Å². The molecule has 1 aliphatic rings. The lowest BCUT2D eigenvalue weighted by atomic mass is 10.1. The maximum absolute atomic E-state index is 13.9. The predicted octanol–water partition coefficient (Wildman–Crippen LogP) is 4.77. The molecule has 3 heterocycles. The minimum Gasteiger partial charge on any atom is -0.292 e. The first-order chi connectivity index (χ1) is 10.8. The van der Waals surface area contributed by atoms with Crippen LogP contribution < -0.4 is 0 Å². The van der Waals surface area contributed by atoms with E-state index in [0.717, 1.165) is 24.2 Å². The summed E-state index contributed by atoms with van der Waals surface area (Å²) >= 11 is 1.75. The first kappa shape index (κ1) is 13.9. The van der Waals surface area contributed by atoms with Gasteiger partial charge in [-0.1, -0.05) is 6.07 Å². The summed E-state index contributed by atoms with van der Waals surface area (Å²) < 4.78 is 13.9. The molecule has 1 fully saturated rings. The molecule has 0 bridgehead atoms. The summed E-state index contributed by atoms with van der Waals surface area (Å²) in [5.74, 6) is -0.192. The molecular weight excluding hydrogens is 295 g/mol. The van der Waals surface area contributed by atoms with E-state index >= 15 is 0 Å². The number of hydrogen-bond acceptors (Lipinski definition) is 3. The second-order valence-corrected chi connectivity index (χ2v) is 6.57. The van der Waals surface area contributed by atoms with Crippen molar-refractivity contribution in [1.82, 2.24) is 9.88 Å². The Morgan fingerprint density at radius 1 is 1.27 bits per heavy atom. The maximum Gasteiger partial charge on any atom is 0.132 e. The third-order valence-electron chi connectivity index (χ3n) is 4.47. The minimum atomic E-state index is -0.192. The molecule has 2 nitrogen and oxygen atoms in total. The number of fused-ring (bicyclic) bond motifs is 1. The highest BCUT2D eigenvalue weighted by molar-refractivity contribution is 7.07. The molecule has 1 atom stereocenters. The van der Waals surface area contributed by atoms with E-state index in [-0.39, 0.29) is 5.82 Å². The van der Waals surface area contributed by atoms with Crippen molar-refractivity contribution in [3.63, 3.8) is 0 Å². The van der Waals surface area contributed by atoms with Crippen LogP contribution in [0.1, 0.15) is 30.0 Å². The first-order valence-electron chi connectivity index (χ1n) is 7.61. The third kappa shape index (κ3) is 2.42. The maximum atomic E-state index is 13.9. The predicted molar refractivity (Wildman–Crippen MR) is 88.4 cm³/mol. The molecule has 0 radical (unpaired) electrons. The standard InChI is InChI=1S/C18H17FN2S/c19-16-6-5-13(18-15(16)3-1-8-20-18)11-21-9-2-4-17(21)14-7-10-22-12-14/h1,3,5-8,10,12,17H,2,4,9,11H2/t17-/m1/s1. The van der Waals surface area contributed by atoms with Crippen molar-refractivity contribution in [2.75, 3.05) is 6.54 Å². The SMILES string of the molecule is Fc1ccc(CN2CCC[C@@H]2c2ccsc2)c2ncccc12. The molecule has 1 aromatic carbocycles. The molecule has 0 saturated carbocycles. The Bertz CT molecular complexity index is 785. The number of rotatable bonds is 3. The first-order valence-corrected chi connectivity index (χ1v) is 8.55. The fraction of sp³-hybridized carbons (Fsp3) is 0.278. The van der Waals surface area contributed by atoms with E-state index in [9.17, 15) is 4.39 Å². The van der Waals surface area contributed by atoms with E-state index < -0.39 is 0 Å². The Labute approximate surface area is 133 Å². The van der Waals surface area contributed by atoms with Gasteiger partial charge >= 0.3 is 0 Å². The fourth-order valence-corrected chi connectivity index (χ4v) is 4.11. The molecular formula is C18H17FN2S. The molecule has 0 unspecified atom stereocenters. The van der Waals surface area contributed by atoms with Crippen LogP contribution in [0, 0.1) is 5.82 Å². The van der Waals surface area contributed by atoms with Gasteiger partial charge in [0.1, 0.15) is 5.82 Å². The van der Waals surface area contributed by atoms with Gasteiger partial charge < -0.3 is 0 Å². The third-order valence-corrected chi connectivity index (χ3v) is 5.17. The number of halogens is 1. The number of benzene rings is 1. The molecule has 22 heavy (non-hydrogen) atoms. The van der Waals surface area contributed by atoms with Crippen molar-refractivity contribution in [3.8, 4) is 0 Å². The molecule has 4 heteroatoms. The zero-order chi connectivity index (χ0) is 14.9. The van der Waals surface area contributed by atoms with Crippen molar-refractivity contribution in [3.05, 3.63) is 64.2 Å². The van der Waals surface area contributed by atoms with E-state index in [4.69, 9.17) is 0 Å². The van der Waals surface area contributed by atoms with E-state index in [1.807, 2.05) is 12.1 Å². The second-order valence-electron chi connectivity index (χ2n) is 5.79. The number of nitrogens with zero attached hydrogens (tertiary/aromatic N) is 2. The Kier molecular flexibility index (Phi) is 3.64. The Hall–Kier alpha value is -1.78. The van der Waals surface area contributed by atoms with Crippen LogP contribution in [0.4, 0.5) is 4.39 Å². The van der Waals surface area contributed by atoms with Gasteiger partial charge in [0.15, 0.2) is 0 Å². The van der Waals surface area contributed by atoms with Gasteiger partial charge in [0.05, 0.1) is 5.52 Å². The van der Waals surface area contributed by atoms with Crippen LogP contribution in [-0.4, -0.2) is 16.4 Å². The van der Waals surface area contributed by atoms with Crippen molar-refractivity contribution in [2.45, 2.75) is 25.4 Å². The van der Waals surface area contributed by atoms with Crippen molar-refractivity contribution in [1.29, 1.82) is 0 Å². The van der Waals surface area contributed by atoms with Crippen molar-refractivity contribution >= 4 is 22.2 Å². The number of hydrogen-bond donors (Lipinski definition) is 0. The Morgan fingerprint density at radius 2 is 2.23 bits per heavy atom. The van der Waals surface area contributed by atoms with E-state index in [1.165, 1.54) is 18.4 Å². The summed E-state index contributed by atoms with van der Waals surface area (Å²) in [6.45, 7) is 1.92. The highest BCUT2D eigenvalue weighted by Gasteiger charge is 2.26. The molecule has 1 saturated heterocycles. The summed E-state index contributed by atoms with van der Waals surface area (Å²) in [4.78, 5) is 6.90. The molecule has 2 aromatic heterocycles. The Balaban J connectivity index is 1.67. The average molecular weight is 312 g/mol. The topological polar surface area (TPSA) is 16.1 Å². The molecule has 0 N–H and O–H groups in total. The van der Waals surface area contributed by atoms with E-state index in [1.54, 1.807) is 29.7 Å². The normalized spacial score (nSPS) is 19.0. The van der Waals surface area contributed by atoms with Gasteiger partial charge in [-0.25, -0.2) is 4.39 Å².